The fourth-order valence-corrected chi connectivity index (χ4v) is 10.8. The Morgan fingerprint density at radius 3 is 2.47 bits per heavy atom. The van der Waals surface area contributed by atoms with E-state index in [9.17, 15) is 19.8 Å². The standard InChI is InChI=1S/C31H46O5/c1-18-10-11-31(26(35)36-7)13-12-28(4)21(24(31)19(18)2)8-9-23-29(28,5)15-22(34)25-27(3,17-33)14-20(16-32)30(23,25)6/h8,14,16,18-19,22-25,33-34H,9-13,15,17H2,1-7H3/t18-,19+,22-,23+,24-,25+,27+,28-,29-,30-,31+/m1/s1. The first kappa shape index (κ1) is 26.2. The van der Waals surface area contributed by atoms with Gasteiger partial charge < -0.3 is 14.9 Å². The van der Waals surface area contributed by atoms with E-state index >= 15 is 0 Å². The number of allylic oxidation sites excluding steroid dienone is 3. The van der Waals surface area contributed by atoms with Crippen LogP contribution < -0.4 is 0 Å². The van der Waals surface area contributed by atoms with Crippen LogP contribution in [0.15, 0.2) is 23.3 Å². The lowest BCUT2D eigenvalue weighted by atomic mass is 9.34. The van der Waals surface area contributed by atoms with E-state index < -0.39 is 22.3 Å². The summed E-state index contributed by atoms with van der Waals surface area (Å²) >= 11 is 0. The third kappa shape index (κ3) is 2.85. The molecule has 0 unspecified atom stereocenters. The maximum absolute atomic E-state index is 13.4. The van der Waals surface area contributed by atoms with Crippen molar-refractivity contribution in [3.63, 3.8) is 0 Å². The lowest BCUT2D eigenvalue weighted by Crippen LogP contribution is -2.66. The topological polar surface area (TPSA) is 83.8 Å². The number of esters is 1. The van der Waals surface area contributed by atoms with Gasteiger partial charge in [-0.3, -0.25) is 9.59 Å². The van der Waals surface area contributed by atoms with Gasteiger partial charge in [0.1, 0.15) is 6.29 Å². The monoisotopic (exact) mass is 498 g/mol. The van der Waals surface area contributed by atoms with Crippen LogP contribution >= 0.6 is 0 Å². The number of hydrogen-bond acceptors (Lipinski definition) is 5. The van der Waals surface area contributed by atoms with E-state index in [0.29, 0.717) is 18.3 Å². The van der Waals surface area contributed by atoms with Crippen LogP contribution in [-0.2, 0) is 14.3 Å². The summed E-state index contributed by atoms with van der Waals surface area (Å²) in [5.74, 6) is 0.954. The maximum Gasteiger partial charge on any atom is 0.312 e. The molecule has 5 rings (SSSR count). The van der Waals surface area contributed by atoms with Crippen molar-refractivity contribution in [3.05, 3.63) is 23.3 Å². The fourth-order valence-electron chi connectivity index (χ4n) is 10.8. The second kappa shape index (κ2) is 8.02. The number of aliphatic hydroxyl groups is 2. The average molecular weight is 499 g/mol. The van der Waals surface area contributed by atoms with E-state index in [0.717, 1.165) is 44.0 Å². The molecule has 2 N–H and O–H groups in total. The van der Waals surface area contributed by atoms with Crippen molar-refractivity contribution in [1.29, 1.82) is 0 Å². The van der Waals surface area contributed by atoms with Gasteiger partial charge in [-0.05, 0) is 78.6 Å². The first-order valence-electron chi connectivity index (χ1n) is 14.1. The van der Waals surface area contributed by atoms with E-state index in [1.165, 1.54) is 12.7 Å². The van der Waals surface area contributed by atoms with Crippen LogP contribution in [0.4, 0.5) is 0 Å². The number of aldehydes is 1. The van der Waals surface area contributed by atoms with Crippen molar-refractivity contribution in [2.24, 2.45) is 56.7 Å². The molecule has 0 saturated heterocycles. The molecule has 11 atom stereocenters. The predicted octanol–water partition coefficient (Wildman–Crippen LogP) is 5.11. The van der Waals surface area contributed by atoms with E-state index in [1.807, 2.05) is 13.0 Å². The lowest BCUT2D eigenvalue weighted by molar-refractivity contribution is -0.195. The van der Waals surface area contributed by atoms with Crippen LogP contribution in [0, 0.1) is 56.7 Å². The Bertz CT molecular complexity index is 1030. The Hall–Kier alpha value is -1.46. The number of carbonyl (C=O) groups is 2. The highest BCUT2D eigenvalue weighted by atomic mass is 16.5. The zero-order valence-electron chi connectivity index (χ0n) is 23.3. The minimum atomic E-state index is -0.617. The first-order chi connectivity index (χ1) is 16.8. The molecule has 0 amide bonds. The summed E-state index contributed by atoms with van der Waals surface area (Å²) in [6, 6.07) is 0. The number of carbonyl (C=O) groups excluding carboxylic acids is 2. The molecule has 0 aromatic heterocycles. The number of methoxy groups -OCH3 is 1. The Morgan fingerprint density at radius 1 is 1.17 bits per heavy atom. The van der Waals surface area contributed by atoms with Gasteiger partial charge in [0.25, 0.3) is 0 Å². The Kier molecular flexibility index (Phi) is 5.83. The number of hydrogen-bond donors (Lipinski definition) is 2. The molecule has 0 aromatic carbocycles. The largest absolute Gasteiger partial charge is 0.469 e. The van der Waals surface area contributed by atoms with Gasteiger partial charge in [-0.2, -0.15) is 0 Å². The molecule has 5 aliphatic rings. The molecule has 3 fully saturated rings. The van der Waals surface area contributed by atoms with Crippen molar-refractivity contribution in [2.75, 3.05) is 13.7 Å². The van der Waals surface area contributed by atoms with E-state index in [-0.39, 0.29) is 41.2 Å². The summed E-state index contributed by atoms with van der Waals surface area (Å²) in [5.41, 5.74) is 0.101. The molecule has 200 valence electrons. The summed E-state index contributed by atoms with van der Waals surface area (Å²) in [7, 11) is 1.53. The average Bonchev–Trinajstić information content (AvgIpc) is 3.09. The molecule has 0 bridgehead atoms. The molecular formula is C31H46O5. The first-order valence-corrected chi connectivity index (χ1v) is 14.1. The number of ether oxygens (including phenoxy) is 1. The highest BCUT2D eigenvalue weighted by Gasteiger charge is 2.72. The van der Waals surface area contributed by atoms with Crippen LogP contribution in [-0.4, -0.2) is 42.3 Å². The van der Waals surface area contributed by atoms with Gasteiger partial charge in [-0.15, -0.1) is 0 Å². The molecule has 3 saturated carbocycles. The minimum Gasteiger partial charge on any atom is -0.469 e. The van der Waals surface area contributed by atoms with Gasteiger partial charge in [0, 0.05) is 16.7 Å². The van der Waals surface area contributed by atoms with Gasteiger partial charge >= 0.3 is 5.97 Å². The summed E-state index contributed by atoms with van der Waals surface area (Å²) in [6.07, 6.45) is 9.80. The van der Waals surface area contributed by atoms with Crippen LogP contribution in [0.5, 0.6) is 0 Å². The second-order valence-electron chi connectivity index (χ2n) is 14.1. The number of fused-ring (bicyclic) bond motifs is 7. The molecule has 5 aliphatic carbocycles. The van der Waals surface area contributed by atoms with Gasteiger partial charge in [0.15, 0.2) is 0 Å². The molecular weight excluding hydrogens is 452 g/mol. The molecule has 0 radical (unpaired) electrons. The van der Waals surface area contributed by atoms with Gasteiger partial charge in [0.05, 0.1) is 25.2 Å². The normalized spacial score (nSPS) is 53.7. The predicted molar refractivity (Wildman–Crippen MR) is 139 cm³/mol. The zero-order valence-corrected chi connectivity index (χ0v) is 23.3. The smallest absolute Gasteiger partial charge is 0.312 e. The molecule has 0 aromatic rings. The quantitative estimate of drug-likeness (QED) is 0.321. The van der Waals surface area contributed by atoms with Gasteiger partial charge in [0.2, 0.25) is 0 Å². The molecule has 0 heterocycles. The van der Waals surface area contributed by atoms with Gasteiger partial charge in [-0.25, -0.2) is 0 Å². The molecule has 36 heavy (non-hydrogen) atoms. The zero-order chi connectivity index (χ0) is 26.5. The fraction of sp³-hybridized carbons (Fsp3) is 0.806. The minimum absolute atomic E-state index is 0.0575. The van der Waals surface area contributed by atoms with Crippen LogP contribution in [0.2, 0.25) is 0 Å². The Labute approximate surface area is 216 Å². The molecule has 0 spiro atoms. The summed E-state index contributed by atoms with van der Waals surface area (Å²) in [5, 5.41) is 22.2. The van der Waals surface area contributed by atoms with Crippen LogP contribution in [0.3, 0.4) is 0 Å². The summed E-state index contributed by atoms with van der Waals surface area (Å²) in [6.45, 7) is 13.4. The van der Waals surface area contributed by atoms with Crippen molar-refractivity contribution in [1.82, 2.24) is 0 Å². The third-order valence-corrected chi connectivity index (χ3v) is 13.0. The van der Waals surface area contributed by atoms with E-state index in [4.69, 9.17) is 4.74 Å². The SMILES string of the molecule is COC(=O)[C@]12CC[C@@H](C)[C@H](C)[C@@H]1C1=CC[C@@H]3[C@@]4(C)C(C=O)=C[C@@](C)(CO)[C@@H]4[C@H](O)C[C@@]3(C)[C@]1(C)CC2. The van der Waals surface area contributed by atoms with Crippen molar-refractivity contribution in [2.45, 2.75) is 86.2 Å². The van der Waals surface area contributed by atoms with Gasteiger partial charge in [-0.1, -0.05) is 59.3 Å². The molecule has 5 nitrogen and oxygen atoms in total. The van der Waals surface area contributed by atoms with Crippen molar-refractivity contribution < 1.29 is 24.5 Å². The molecule has 5 heteroatoms. The summed E-state index contributed by atoms with van der Waals surface area (Å²) in [4.78, 5) is 25.8. The number of rotatable bonds is 3. The lowest BCUT2D eigenvalue weighted by Gasteiger charge is -2.69. The highest BCUT2D eigenvalue weighted by Crippen LogP contribution is 2.76. The Balaban J connectivity index is 1.68. The second-order valence-corrected chi connectivity index (χ2v) is 14.1. The van der Waals surface area contributed by atoms with Crippen molar-refractivity contribution in [3.8, 4) is 0 Å². The Morgan fingerprint density at radius 2 is 1.86 bits per heavy atom. The van der Waals surface area contributed by atoms with E-state index in [1.54, 1.807) is 0 Å². The third-order valence-electron chi connectivity index (χ3n) is 13.0. The number of aliphatic hydroxyl groups excluding tert-OH is 2. The maximum atomic E-state index is 13.4. The van der Waals surface area contributed by atoms with Crippen LogP contribution in [0.1, 0.15) is 80.1 Å². The summed E-state index contributed by atoms with van der Waals surface area (Å²) < 4.78 is 5.46. The van der Waals surface area contributed by atoms with E-state index in [2.05, 4.69) is 40.7 Å². The molecule has 0 aliphatic heterocycles. The highest BCUT2D eigenvalue weighted by molar-refractivity contribution is 5.79. The van der Waals surface area contributed by atoms with Crippen molar-refractivity contribution >= 4 is 12.3 Å². The van der Waals surface area contributed by atoms with Crippen LogP contribution in [0.25, 0.3) is 0 Å².